The van der Waals surface area contributed by atoms with Gasteiger partial charge in [0.15, 0.2) is 0 Å². The molecule has 0 bridgehead atoms. The van der Waals surface area contributed by atoms with Crippen LogP contribution in [0.3, 0.4) is 0 Å². The molecule has 0 aromatic heterocycles. The first-order valence-electron chi connectivity index (χ1n) is 15.5. The number of hydrogen-bond acceptors (Lipinski definition) is 2. The maximum absolute atomic E-state index is 7.44. The zero-order chi connectivity index (χ0) is 31.2. The molecule has 0 radical (unpaired) electrons. The minimum absolute atomic E-state index is 0. The van der Waals surface area contributed by atoms with Gasteiger partial charge in [-0.05, 0) is 61.4 Å². The van der Waals surface area contributed by atoms with Gasteiger partial charge in [0.1, 0.15) is 12.3 Å². The van der Waals surface area contributed by atoms with E-state index < -0.39 is 15.8 Å². The molecular formula is C38H46FeN4P2+2. The van der Waals surface area contributed by atoms with Crippen LogP contribution >= 0.6 is 15.8 Å². The van der Waals surface area contributed by atoms with Crippen molar-refractivity contribution in [2.45, 2.75) is 51.6 Å². The summed E-state index contributed by atoms with van der Waals surface area (Å²) in [5.41, 5.74) is 0. The number of aliphatic imine (C=N–C) groups is 2. The third-order valence-corrected chi connectivity index (χ3v) is 12.7. The van der Waals surface area contributed by atoms with Gasteiger partial charge >= 0.3 is 17.1 Å². The van der Waals surface area contributed by atoms with Crippen LogP contribution in [0.5, 0.6) is 0 Å². The first kappa shape index (κ1) is 38.1. The second-order valence-electron chi connectivity index (χ2n) is 10.4. The van der Waals surface area contributed by atoms with Crippen molar-refractivity contribution in [3.05, 3.63) is 132 Å². The predicted molar refractivity (Wildman–Crippen MR) is 204 cm³/mol. The topological polar surface area (TPSA) is 69.3 Å². The summed E-state index contributed by atoms with van der Waals surface area (Å²) in [7, 11) is -1.78. The Morgan fingerprint density at radius 2 is 0.778 bits per heavy atom. The van der Waals surface area contributed by atoms with Crippen molar-refractivity contribution in [3.8, 4) is 0 Å². The summed E-state index contributed by atoms with van der Waals surface area (Å²) in [6.45, 7) is 3.11. The van der Waals surface area contributed by atoms with Crippen LogP contribution < -0.4 is 21.2 Å². The molecule has 234 valence electrons. The normalized spacial score (nSPS) is 15.8. The van der Waals surface area contributed by atoms with E-state index in [-0.39, 0.29) is 17.1 Å². The molecule has 0 unspecified atom stereocenters. The minimum Gasteiger partial charge on any atom is -0.814 e. The molecule has 1 saturated carbocycles. The summed E-state index contributed by atoms with van der Waals surface area (Å²) in [6.07, 6.45) is 13.3. The molecule has 4 aromatic carbocycles. The van der Waals surface area contributed by atoms with Crippen molar-refractivity contribution < 1.29 is 17.1 Å². The fraction of sp³-hybridized carbons (Fsp3) is 0.263. The van der Waals surface area contributed by atoms with E-state index in [9.17, 15) is 0 Å². The van der Waals surface area contributed by atoms with Crippen LogP contribution in [-0.4, -0.2) is 49.3 Å². The molecule has 0 heterocycles. The van der Waals surface area contributed by atoms with Crippen LogP contribution in [-0.2, 0) is 17.1 Å². The molecule has 0 N–H and O–H groups in total. The van der Waals surface area contributed by atoms with E-state index in [1.807, 2.05) is 0 Å². The Morgan fingerprint density at radius 1 is 0.533 bits per heavy atom. The van der Waals surface area contributed by atoms with E-state index in [0.29, 0.717) is 12.1 Å². The van der Waals surface area contributed by atoms with Crippen molar-refractivity contribution >= 4 is 61.9 Å². The average molecular weight is 677 g/mol. The number of hydrogen-bond donors (Lipinski definition) is 0. The first-order chi connectivity index (χ1) is 21.7. The molecular weight excluding hydrogens is 630 g/mol. The fourth-order valence-electron chi connectivity index (χ4n) is 5.36. The van der Waals surface area contributed by atoms with Crippen LogP contribution in [0.15, 0.2) is 131 Å². The minimum atomic E-state index is -0.889. The first-order valence-corrected chi connectivity index (χ1v) is 18.9. The molecule has 4 aromatic rings. The van der Waals surface area contributed by atoms with Gasteiger partial charge in [-0.3, -0.25) is 9.98 Å². The molecule has 4 nitrogen and oxygen atoms in total. The molecule has 2 atom stereocenters. The number of rotatable bonds is 10. The third kappa shape index (κ3) is 13.4. The van der Waals surface area contributed by atoms with Crippen molar-refractivity contribution in [3.63, 3.8) is 0 Å². The average Bonchev–Trinajstić information content (AvgIpc) is 3.08. The van der Waals surface area contributed by atoms with Crippen molar-refractivity contribution in [2.75, 3.05) is 12.3 Å². The van der Waals surface area contributed by atoms with Gasteiger partial charge in [0, 0.05) is 12.4 Å². The molecule has 0 spiro atoms. The summed E-state index contributed by atoms with van der Waals surface area (Å²) in [4.78, 5) is 10.3. The van der Waals surface area contributed by atoms with Crippen LogP contribution in [0.25, 0.3) is 10.8 Å². The fourth-order valence-corrected chi connectivity index (χ4v) is 9.93. The van der Waals surface area contributed by atoms with Gasteiger partial charge < -0.3 is 10.8 Å². The van der Waals surface area contributed by atoms with Gasteiger partial charge in [0.2, 0.25) is 0 Å². The number of benzene rings is 4. The molecule has 0 amide bonds. The molecule has 0 aliphatic heterocycles. The van der Waals surface area contributed by atoms with Crippen LogP contribution in [0.1, 0.15) is 39.5 Å². The summed E-state index contributed by atoms with van der Waals surface area (Å²) in [5, 5.41) is 20.7. The van der Waals surface area contributed by atoms with Crippen LogP contribution in [0.4, 0.5) is 0 Å². The number of nitrogens with zero attached hydrogens (tertiary/aromatic N) is 4. The second-order valence-corrected chi connectivity index (χ2v) is 15.5. The smallest absolute Gasteiger partial charge is 0.814 e. The summed E-state index contributed by atoms with van der Waals surface area (Å²) in [6, 6.07) is 44.5. The Kier molecular flexibility index (Phi) is 19.7. The SMILES string of the molecule is C(C[PH+](c1ccccc1)c1ccccc1)=N[C@@H]1CCCC[C@H]1N=CC[PH+](c1ccccc1)c1ccccc1.CC=[N-].CC=[N-].[Fe+2]. The Morgan fingerprint density at radius 3 is 1.02 bits per heavy atom. The molecule has 1 fully saturated rings. The zero-order valence-electron chi connectivity index (χ0n) is 26.4. The monoisotopic (exact) mass is 676 g/mol. The summed E-state index contributed by atoms with van der Waals surface area (Å²) >= 11 is 0. The van der Waals surface area contributed by atoms with E-state index in [4.69, 9.17) is 20.8 Å². The zero-order valence-corrected chi connectivity index (χ0v) is 29.5. The van der Waals surface area contributed by atoms with E-state index >= 15 is 0 Å². The molecule has 5 rings (SSSR count). The van der Waals surface area contributed by atoms with Crippen molar-refractivity contribution in [2.24, 2.45) is 9.98 Å². The van der Waals surface area contributed by atoms with Crippen molar-refractivity contribution in [1.29, 1.82) is 0 Å². The largest absolute Gasteiger partial charge is 2.00 e. The Bertz CT molecular complexity index is 1200. The molecule has 1 aliphatic rings. The quantitative estimate of drug-likeness (QED) is 0.0952. The maximum atomic E-state index is 7.44. The van der Waals surface area contributed by atoms with Crippen LogP contribution in [0.2, 0.25) is 0 Å². The van der Waals surface area contributed by atoms with E-state index in [0.717, 1.165) is 37.6 Å². The van der Waals surface area contributed by atoms with E-state index in [1.54, 1.807) is 13.8 Å². The Balaban J connectivity index is 0.000000935. The van der Waals surface area contributed by atoms with Gasteiger partial charge in [-0.25, -0.2) is 12.4 Å². The van der Waals surface area contributed by atoms with Crippen LogP contribution in [0, 0.1) is 0 Å². The second kappa shape index (κ2) is 23.3. The molecule has 0 saturated heterocycles. The molecule has 45 heavy (non-hydrogen) atoms. The third-order valence-electron chi connectivity index (χ3n) is 7.37. The standard InChI is InChI=1S/C34H36N2P2.2C2H4N.Fe/c1-5-15-29(16-6-1)37(30-17-7-2-8-18-30)27-25-35-33-23-13-14-24-34(33)36-26-28-38(31-19-9-3-10-20-31)32-21-11-4-12-22-32;2*1-2-3;/h1-12,15-22,25-26,33-34H,13-14,23-24,27-28H2;2*2H,1H3;/q;2*-1;+2/p+2/t33-,34-;;;/m1.../s1. The maximum Gasteiger partial charge on any atom is 2.00 e. The molecule has 1 aliphatic carbocycles. The van der Waals surface area contributed by atoms with Crippen molar-refractivity contribution in [1.82, 2.24) is 0 Å². The van der Waals surface area contributed by atoms with Gasteiger partial charge in [-0.15, -0.1) is 0 Å². The summed E-state index contributed by atoms with van der Waals surface area (Å²) < 4.78 is 0. The molecule has 7 heteroatoms. The summed E-state index contributed by atoms with van der Waals surface area (Å²) in [5.74, 6) is 0. The van der Waals surface area contributed by atoms with Gasteiger partial charge in [0.05, 0.1) is 49.1 Å². The van der Waals surface area contributed by atoms with Gasteiger partial charge in [0.25, 0.3) is 0 Å². The van der Waals surface area contributed by atoms with Gasteiger partial charge in [-0.1, -0.05) is 99.5 Å². The van der Waals surface area contributed by atoms with Gasteiger partial charge in [-0.2, -0.15) is 0 Å². The van der Waals surface area contributed by atoms with E-state index in [1.165, 1.54) is 34.1 Å². The Hall–Kier alpha value is -3.06. The predicted octanol–water partition coefficient (Wildman–Crippen LogP) is 7.46. The van der Waals surface area contributed by atoms with E-state index in [2.05, 4.69) is 134 Å². The Labute approximate surface area is 283 Å².